The zero-order valence-electron chi connectivity index (χ0n) is 15.4. The molecule has 4 rings (SSSR count). The van der Waals surface area contributed by atoms with Gasteiger partial charge in [-0.05, 0) is 48.4 Å². The Morgan fingerprint density at radius 1 is 1.26 bits per heavy atom. The third-order valence-electron chi connectivity index (χ3n) is 5.09. The molecule has 1 saturated heterocycles. The van der Waals surface area contributed by atoms with Gasteiger partial charge in [0.15, 0.2) is 5.70 Å². The molecule has 27 heavy (non-hydrogen) atoms. The average Bonchev–Trinajstić information content (AvgIpc) is 3.28. The van der Waals surface area contributed by atoms with Crippen LogP contribution in [0.3, 0.4) is 0 Å². The second-order valence-corrected chi connectivity index (χ2v) is 7.42. The van der Waals surface area contributed by atoms with Crippen LogP contribution in [0, 0.1) is 5.82 Å². The molecule has 0 unspecified atom stereocenters. The lowest BCUT2D eigenvalue weighted by Crippen LogP contribution is -2.41. The topological polar surface area (TPSA) is 63.9 Å². The summed E-state index contributed by atoms with van der Waals surface area (Å²) in [6.45, 7) is 1.19. The Morgan fingerprint density at radius 3 is 2.74 bits per heavy atom. The third kappa shape index (κ3) is 3.40. The summed E-state index contributed by atoms with van der Waals surface area (Å²) in [5.41, 5.74) is 1.47. The Kier molecular flexibility index (Phi) is 4.35. The number of nitrogens with zero attached hydrogens (tertiary/aromatic N) is 6. The molecule has 0 aliphatic carbocycles. The fraction of sp³-hybridized carbons (Fsp3) is 0.368. The van der Waals surface area contributed by atoms with Crippen molar-refractivity contribution in [2.75, 3.05) is 27.2 Å². The number of aromatic nitrogens is 4. The highest BCUT2D eigenvalue weighted by atomic mass is 19.1. The van der Waals surface area contributed by atoms with E-state index in [2.05, 4.69) is 35.7 Å². The smallest absolute Gasteiger partial charge is 0.258 e. The molecule has 8 heteroatoms. The monoisotopic (exact) mass is 369 g/mol. The van der Waals surface area contributed by atoms with Gasteiger partial charge in [0.25, 0.3) is 11.7 Å². The molecule has 1 fully saturated rings. The first-order chi connectivity index (χ1) is 12.9. The van der Waals surface area contributed by atoms with Gasteiger partial charge in [-0.1, -0.05) is 0 Å². The number of tetrazole rings is 1. The SMILES string of the molecule is C[N+]1(C)C=CC=C1c1nnn([C@H]2CCCN(C(=O)c3ccc(F)cc3)C2)n1. The van der Waals surface area contributed by atoms with Crippen molar-refractivity contribution in [3.8, 4) is 0 Å². The highest BCUT2D eigenvalue weighted by Gasteiger charge is 2.31. The van der Waals surface area contributed by atoms with Crippen LogP contribution in [0.2, 0.25) is 0 Å². The maximum absolute atomic E-state index is 13.1. The average molecular weight is 369 g/mol. The summed E-state index contributed by atoms with van der Waals surface area (Å²) < 4.78 is 13.7. The van der Waals surface area contributed by atoms with Crippen molar-refractivity contribution in [2.45, 2.75) is 18.9 Å². The van der Waals surface area contributed by atoms with E-state index >= 15 is 0 Å². The first-order valence-corrected chi connectivity index (χ1v) is 9.02. The Balaban J connectivity index is 1.49. The summed E-state index contributed by atoms with van der Waals surface area (Å²) in [5, 5.41) is 13.0. The van der Waals surface area contributed by atoms with Gasteiger partial charge in [-0.25, -0.2) is 4.39 Å². The van der Waals surface area contributed by atoms with Gasteiger partial charge < -0.3 is 4.90 Å². The zero-order chi connectivity index (χ0) is 19.0. The number of halogens is 1. The first kappa shape index (κ1) is 17.5. The lowest BCUT2D eigenvalue weighted by atomic mass is 10.0. The number of benzene rings is 1. The third-order valence-corrected chi connectivity index (χ3v) is 5.09. The van der Waals surface area contributed by atoms with Crippen LogP contribution in [0.4, 0.5) is 4.39 Å². The molecule has 1 aromatic carbocycles. The van der Waals surface area contributed by atoms with Crippen molar-refractivity contribution in [3.05, 3.63) is 59.8 Å². The predicted molar refractivity (Wildman–Crippen MR) is 97.6 cm³/mol. The van der Waals surface area contributed by atoms with E-state index in [0.29, 0.717) is 29.0 Å². The van der Waals surface area contributed by atoms with Gasteiger partial charge in [-0.2, -0.15) is 4.80 Å². The number of quaternary nitrogens is 1. The van der Waals surface area contributed by atoms with Gasteiger partial charge in [0, 0.05) is 24.7 Å². The van der Waals surface area contributed by atoms with Gasteiger partial charge >= 0.3 is 0 Å². The molecule has 1 atom stereocenters. The highest BCUT2D eigenvalue weighted by molar-refractivity contribution is 5.94. The van der Waals surface area contributed by atoms with E-state index in [0.717, 1.165) is 18.5 Å². The molecule has 0 bridgehead atoms. The minimum Gasteiger partial charge on any atom is -0.336 e. The lowest BCUT2D eigenvalue weighted by molar-refractivity contribution is -0.760. The van der Waals surface area contributed by atoms with Gasteiger partial charge in [0.1, 0.15) is 12.0 Å². The fourth-order valence-electron chi connectivity index (χ4n) is 3.54. The van der Waals surface area contributed by atoms with Gasteiger partial charge in [-0.15, -0.1) is 10.2 Å². The summed E-state index contributed by atoms with van der Waals surface area (Å²) in [7, 11) is 4.11. The Hall–Kier alpha value is -2.87. The van der Waals surface area contributed by atoms with E-state index in [4.69, 9.17) is 0 Å². The molecular formula is C19H22FN6O+. The maximum Gasteiger partial charge on any atom is 0.258 e. The second kappa shape index (κ2) is 6.70. The molecule has 2 aliphatic heterocycles. The molecule has 0 radical (unpaired) electrons. The fourth-order valence-corrected chi connectivity index (χ4v) is 3.54. The molecule has 140 valence electrons. The molecule has 7 nitrogen and oxygen atoms in total. The molecule has 1 aromatic heterocycles. The summed E-state index contributed by atoms with van der Waals surface area (Å²) in [6.07, 6.45) is 7.78. The highest BCUT2D eigenvalue weighted by Crippen LogP contribution is 2.27. The second-order valence-electron chi connectivity index (χ2n) is 7.42. The van der Waals surface area contributed by atoms with Crippen molar-refractivity contribution in [3.63, 3.8) is 0 Å². The van der Waals surface area contributed by atoms with Crippen LogP contribution in [0.1, 0.15) is 35.1 Å². The normalized spacial score (nSPS) is 21.4. The van der Waals surface area contributed by atoms with Crippen LogP contribution < -0.4 is 0 Å². The number of amides is 1. The number of rotatable bonds is 3. The molecule has 2 aliphatic rings. The molecule has 3 heterocycles. The molecule has 2 aromatic rings. The standard InChI is InChI=1S/C19H22FN6O/c1-26(2)12-4-6-17(26)18-21-23-25(22-18)16-5-3-11-24(13-16)19(27)14-7-9-15(20)10-8-14/h4,6-10,12,16H,3,5,11,13H2,1-2H3/q+1/t16-/m0/s1. The molecule has 0 saturated carbocycles. The van der Waals surface area contributed by atoms with Crippen molar-refractivity contribution >= 4 is 11.6 Å². The van der Waals surface area contributed by atoms with E-state index in [-0.39, 0.29) is 17.8 Å². The van der Waals surface area contributed by atoms with Gasteiger partial charge in [0.05, 0.1) is 20.1 Å². The van der Waals surface area contributed by atoms with Crippen molar-refractivity contribution in [1.29, 1.82) is 0 Å². The predicted octanol–water partition coefficient (Wildman–Crippen LogP) is 2.23. The van der Waals surface area contributed by atoms with Gasteiger partial charge in [-0.3, -0.25) is 9.28 Å². The van der Waals surface area contributed by atoms with Crippen LogP contribution in [0.5, 0.6) is 0 Å². The molecular weight excluding hydrogens is 347 g/mol. The number of hydrogen-bond acceptors (Lipinski definition) is 4. The van der Waals surface area contributed by atoms with Crippen molar-refractivity contribution < 1.29 is 13.7 Å². The van der Waals surface area contributed by atoms with Crippen LogP contribution >= 0.6 is 0 Å². The largest absolute Gasteiger partial charge is 0.336 e. The molecule has 0 N–H and O–H groups in total. The number of allylic oxidation sites excluding steroid dienone is 2. The van der Waals surface area contributed by atoms with E-state index in [1.165, 1.54) is 24.3 Å². The summed E-state index contributed by atoms with van der Waals surface area (Å²) in [4.78, 5) is 16.1. The Morgan fingerprint density at radius 2 is 2.04 bits per heavy atom. The van der Waals surface area contributed by atoms with E-state index in [9.17, 15) is 9.18 Å². The summed E-state index contributed by atoms with van der Waals surface area (Å²) in [5.74, 6) is 0.159. The van der Waals surface area contributed by atoms with Crippen molar-refractivity contribution in [2.24, 2.45) is 0 Å². The van der Waals surface area contributed by atoms with Crippen LogP contribution in [-0.4, -0.2) is 62.7 Å². The number of carbonyl (C=O) groups excluding carboxylic acids is 1. The minimum atomic E-state index is -0.348. The minimum absolute atomic E-state index is 0.0185. The molecule has 1 amide bonds. The van der Waals surface area contributed by atoms with Crippen molar-refractivity contribution in [1.82, 2.24) is 25.1 Å². The van der Waals surface area contributed by atoms with Gasteiger partial charge in [0.2, 0.25) is 0 Å². The number of carbonyl (C=O) groups is 1. The summed E-state index contributed by atoms with van der Waals surface area (Å²) in [6, 6.07) is 5.64. The molecule has 0 spiro atoms. The summed E-state index contributed by atoms with van der Waals surface area (Å²) >= 11 is 0. The lowest BCUT2D eigenvalue weighted by Gasteiger charge is -2.32. The van der Waals surface area contributed by atoms with Crippen LogP contribution in [0.15, 0.2) is 42.6 Å². The first-order valence-electron chi connectivity index (χ1n) is 9.02. The van der Waals surface area contributed by atoms with Crippen LogP contribution in [-0.2, 0) is 0 Å². The van der Waals surface area contributed by atoms with E-state index < -0.39 is 0 Å². The number of piperidine rings is 1. The van der Waals surface area contributed by atoms with E-state index in [1.807, 2.05) is 12.2 Å². The number of hydrogen-bond donors (Lipinski definition) is 0. The Labute approximate surface area is 157 Å². The quantitative estimate of drug-likeness (QED) is 0.779. The van der Waals surface area contributed by atoms with E-state index in [1.54, 1.807) is 9.70 Å². The zero-order valence-corrected chi connectivity index (χ0v) is 15.4. The van der Waals surface area contributed by atoms with Crippen LogP contribution in [0.25, 0.3) is 5.70 Å². The Bertz CT molecular complexity index is 915. The maximum atomic E-state index is 13.1. The number of likely N-dealkylation sites (tertiary alicyclic amines) is 1.